The van der Waals surface area contributed by atoms with Gasteiger partial charge in [-0.2, -0.15) is 0 Å². The van der Waals surface area contributed by atoms with Crippen molar-refractivity contribution in [2.75, 3.05) is 0 Å². The van der Waals surface area contributed by atoms with E-state index in [4.69, 9.17) is 14.5 Å². The summed E-state index contributed by atoms with van der Waals surface area (Å²) in [6.07, 6.45) is 5.97. The summed E-state index contributed by atoms with van der Waals surface area (Å²) < 4.78 is 5.68. The maximum atomic E-state index is 9.05. The minimum Gasteiger partial charge on any atom is -0.423 e. The predicted octanol–water partition coefficient (Wildman–Crippen LogP) is 1.15. The van der Waals surface area contributed by atoms with Crippen LogP contribution >= 0.6 is 0 Å². The first-order valence-electron chi connectivity index (χ1n) is 7.01. The zero-order valence-corrected chi connectivity index (χ0v) is 11.2. The van der Waals surface area contributed by atoms with E-state index in [-0.39, 0.29) is 0 Å². The van der Waals surface area contributed by atoms with Gasteiger partial charge < -0.3 is 14.5 Å². The molecular formula is C14H17BN2O3. The summed E-state index contributed by atoms with van der Waals surface area (Å²) in [5, 5.41) is 26.3. The molecule has 1 heterocycles. The molecule has 0 unspecified atom stereocenters. The van der Waals surface area contributed by atoms with Crippen molar-refractivity contribution in [3.05, 3.63) is 30.2 Å². The van der Waals surface area contributed by atoms with Crippen molar-refractivity contribution >= 4 is 12.6 Å². The molecule has 0 spiro atoms. The Kier molecular flexibility index (Phi) is 3.85. The second-order valence-corrected chi connectivity index (χ2v) is 5.35. The van der Waals surface area contributed by atoms with Crippen LogP contribution in [0.15, 0.2) is 28.7 Å². The van der Waals surface area contributed by atoms with Crippen molar-refractivity contribution in [1.29, 1.82) is 0 Å². The number of benzene rings is 1. The molecule has 0 amide bonds. The number of hydrogen-bond donors (Lipinski definition) is 2. The highest BCUT2D eigenvalue weighted by atomic mass is 16.4. The van der Waals surface area contributed by atoms with Crippen LogP contribution in [0, 0.1) is 5.92 Å². The van der Waals surface area contributed by atoms with Gasteiger partial charge in [0.25, 0.3) is 0 Å². The predicted molar refractivity (Wildman–Crippen MR) is 75.2 cm³/mol. The molecule has 1 aromatic heterocycles. The van der Waals surface area contributed by atoms with Gasteiger partial charge in [0.05, 0.1) is 0 Å². The third-order valence-electron chi connectivity index (χ3n) is 3.86. The molecule has 1 fully saturated rings. The third kappa shape index (κ3) is 2.91. The SMILES string of the molecule is OB(O)c1ccc(-c2nnc(CC3CCCC3)o2)cc1. The summed E-state index contributed by atoms with van der Waals surface area (Å²) in [6.45, 7) is 0. The lowest BCUT2D eigenvalue weighted by Gasteiger charge is -2.03. The highest BCUT2D eigenvalue weighted by Gasteiger charge is 2.19. The molecule has 3 rings (SSSR count). The summed E-state index contributed by atoms with van der Waals surface area (Å²) in [5.41, 5.74) is 1.24. The van der Waals surface area contributed by atoms with E-state index in [2.05, 4.69) is 10.2 Å². The van der Waals surface area contributed by atoms with Gasteiger partial charge in [-0.15, -0.1) is 10.2 Å². The molecule has 0 radical (unpaired) electrons. The van der Waals surface area contributed by atoms with Gasteiger partial charge in [-0.05, 0) is 36.4 Å². The van der Waals surface area contributed by atoms with Crippen molar-refractivity contribution in [3.63, 3.8) is 0 Å². The molecule has 1 saturated carbocycles. The van der Waals surface area contributed by atoms with Gasteiger partial charge in [-0.1, -0.05) is 25.0 Å². The molecule has 1 aliphatic carbocycles. The summed E-state index contributed by atoms with van der Waals surface area (Å²) in [7, 11) is -1.45. The summed E-state index contributed by atoms with van der Waals surface area (Å²) in [4.78, 5) is 0. The fourth-order valence-corrected chi connectivity index (χ4v) is 2.71. The van der Waals surface area contributed by atoms with Crippen LogP contribution < -0.4 is 5.46 Å². The minimum atomic E-state index is -1.45. The number of nitrogens with zero attached hydrogens (tertiary/aromatic N) is 2. The highest BCUT2D eigenvalue weighted by Crippen LogP contribution is 2.28. The van der Waals surface area contributed by atoms with E-state index in [1.807, 2.05) is 0 Å². The van der Waals surface area contributed by atoms with Crippen LogP contribution in [-0.4, -0.2) is 27.4 Å². The van der Waals surface area contributed by atoms with Crippen molar-refractivity contribution in [2.24, 2.45) is 5.92 Å². The average Bonchev–Trinajstić information content (AvgIpc) is 3.11. The van der Waals surface area contributed by atoms with Gasteiger partial charge >= 0.3 is 7.12 Å². The zero-order valence-electron chi connectivity index (χ0n) is 11.2. The van der Waals surface area contributed by atoms with Crippen molar-refractivity contribution < 1.29 is 14.5 Å². The summed E-state index contributed by atoms with van der Waals surface area (Å²) in [6, 6.07) is 6.78. The Morgan fingerprint density at radius 1 is 1.10 bits per heavy atom. The van der Waals surface area contributed by atoms with E-state index in [0.717, 1.165) is 12.0 Å². The van der Waals surface area contributed by atoms with E-state index in [9.17, 15) is 0 Å². The van der Waals surface area contributed by atoms with Gasteiger partial charge in [-0.3, -0.25) is 0 Å². The second kappa shape index (κ2) is 5.77. The number of aromatic nitrogens is 2. The fourth-order valence-electron chi connectivity index (χ4n) is 2.71. The lowest BCUT2D eigenvalue weighted by atomic mass is 9.80. The second-order valence-electron chi connectivity index (χ2n) is 5.35. The largest absolute Gasteiger partial charge is 0.488 e. The van der Waals surface area contributed by atoms with E-state index >= 15 is 0 Å². The average molecular weight is 272 g/mol. The third-order valence-corrected chi connectivity index (χ3v) is 3.86. The first kappa shape index (κ1) is 13.3. The van der Waals surface area contributed by atoms with Crippen LogP contribution in [0.3, 0.4) is 0 Å². The van der Waals surface area contributed by atoms with Crippen LogP contribution in [0.25, 0.3) is 11.5 Å². The lowest BCUT2D eigenvalue weighted by molar-refractivity contribution is 0.425. The van der Waals surface area contributed by atoms with Crippen LogP contribution in [0.2, 0.25) is 0 Å². The molecule has 0 saturated heterocycles. The summed E-state index contributed by atoms with van der Waals surface area (Å²) >= 11 is 0. The fraction of sp³-hybridized carbons (Fsp3) is 0.429. The van der Waals surface area contributed by atoms with E-state index in [1.54, 1.807) is 24.3 Å². The van der Waals surface area contributed by atoms with Crippen LogP contribution in [0.1, 0.15) is 31.6 Å². The van der Waals surface area contributed by atoms with Crippen molar-refractivity contribution in [2.45, 2.75) is 32.1 Å². The van der Waals surface area contributed by atoms with E-state index in [0.29, 0.717) is 23.2 Å². The maximum Gasteiger partial charge on any atom is 0.488 e. The quantitative estimate of drug-likeness (QED) is 0.816. The molecule has 1 aromatic carbocycles. The van der Waals surface area contributed by atoms with Crippen molar-refractivity contribution in [1.82, 2.24) is 10.2 Å². The Bertz CT molecular complexity index is 562. The molecule has 0 bridgehead atoms. The maximum absolute atomic E-state index is 9.05. The Hall–Kier alpha value is -1.66. The first-order valence-corrected chi connectivity index (χ1v) is 7.01. The molecule has 104 valence electrons. The Balaban J connectivity index is 1.72. The monoisotopic (exact) mass is 272 g/mol. The molecule has 6 heteroatoms. The van der Waals surface area contributed by atoms with Crippen molar-refractivity contribution in [3.8, 4) is 11.5 Å². The van der Waals surface area contributed by atoms with Gasteiger partial charge in [0.2, 0.25) is 11.8 Å². The standard InChI is InChI=1S/C14H17BN2O3/c18-15(19)12-7-5-11(6-8-12)14-17-16-13(20-14)9-10-3-1-2-4-10/h5-8,10,18-19H,1-4,9H2. The van der Waals surface area contributed by atoms with E-state index < -0.39 is 7.12 Å². The van der Waals surface area contributed by atoms with E-state index in [1.165, 1.54) is 25.7 Å². The minimum absolute atomic E-state index is 0.444. The normalized spacial score (nSPS) is 15.7. The van der Waals surface area contributed by atoms with Gasteiger partial charge in [0.1, 0.15) is 0 Å². The topological polar surface area (TPSA) is 79.4 Å². The summed E-state index contributed by atoms with van der Waals surface area (Å²) in [5.74, 6) is 1.85. The van der Waals surface area contributed by atoms with Crippen LogP contribution in [0.5, 0.6) is 0 Å². The molecule has 0 atom stereocenters. The van der Waals surface area contributed by atoms with Crippen LogP contribution in [0.4, 0.5) is 0 Å². The van der Waals surface area contributed by atoms with Crippen LogP contribution in [-0.2, 0) is 6.42 Å². The Labute approximate surface area is 117 Å². The molecule has 1 aliphatic rings. The Morgan fingerprint density at radius 3 is 2.45 bits per heavy atom. The molecule has 5 nitrogen and oxygen atoms in total. The molecule has 20 heavy (non-hydrogen) atoms. The smallest absolute Gasteiger partial charge is 0.423 e. The molecule has 2 aromatic rings. The number of rotatable bonds is 4. The first-order chi connectivity index (χ1) is 9.72. The Morgan fingerprint density at radius 2 is 1.80 bits per heavy atom. The molecule has 0 aliphatic heterocycles. The molecule has 2 N–H and O–H groups in total. The number of hydrogen-bond acceptors (Lipinski definition) is 5. The van der Waals surface area contributed by atoms with Gasteiger partial charge in [-0.25, -0.2) is 0 Å². The van der Waals surface area contributed by atoms with Gasteiger partial charge in [0.15, 0.2) is 0 Å². The highest BCUT2D eigenvalue weighted by molar-refractivity contribution is 6.58. The molecular weight excluding hydrogens is 255 g/mol. The van der Waals surface area contributed by atoms with Gasteiger partial charge in [0, 0.05) is 12.0 Å². The zero-order chi connectivity index (χ0) is 13.9. The lowest BCUT2D eigenvalue weighted by Crippen LogP contribution is -2.29.